The molecule has 0 saturated carbocycles. The zero-order valence-corrected chi connectivity index (χ0v) is 17.4. The highest BCUT2D eigenvalue weighted by Crippen LogP contribution is 2.20. The Kier molecular flexibility index (Phi) is 11.4. The van der Waals surface area contributed by atoms with Gasteiger partial charge in [-0.3, -0.25) is 0 Å². The monoisotopic (exact) mass is 357 g/mol. The topological polar surface area (TPSA) is 41.3 Å². The molecule has 3 nitrogen and oxygen atoms in total. The van der Waals surface area contributed by atoms with Crippen LogP contribution in [0.2, 0.25) is 0 Å². The highest BCUT2D eigenvalue weighted by Gasteiger charge is 2.25. The van der Waals surface area contributed by atoms with Crippen molar-refractivity contribution in [2.24, 2.45) is 5.73 Å². The predicted octanol–water partition coefficient (Wildman–Crippen LogP) is 5.01. The first kappa shape index (κ1) is 24.0. The minimum Gasteiger partial charge on any atom is -0.378 e. The van der Waals surface area contributed by atoms with E-state index in [4.69, 9.17) is 5.73 Å². The lowest BCUT2D eigenvalue weighted by Crippen LogP contribution is -2.47. The molecule has 3 heteroatoms. The van der Waals surface area contributed by atoms with Gasteiger partial charge in [-0.1, -0.05) is 50.8 Å². The van der Waals surface area contributed by atoms with E-state index in [1.54, 1.807) is 0 Å². The Balaban J connectivity index is 0.00000301. The van der Waals surface area contributed by atoms with Crippen LogP contribution in [0.5, 0.6) is 0 Å². The van der Waals surface area contributed by atoms with Crippen LogP contribution >= 0.6 is 0 Å². The molecule has 146 valence electrons. The summed E-state index contributed by atoms with van der Waals surface area (Å²) in [4.78, 5) is 2.08. The number of hydrogen-bond donors (Lipinski definition) is 2. The molecule has 0 aliphatic heterocycles. The van der Waals surface area contributed by atoms with Gasteiger partial charge in [0.15, 0.2) is 0 Å². The van der Waals surface area contributed by atoms with E-state index >= 15 is 0 Å². The maximum atomic E-state index is 5.79. The summed E-state index contributed by atoms with van der Waals surface area (Å²) in [5, 5.41) is 3.52. The largest absolute Gasteiger partial charge is 0.378 e. The lowest BCUT2D eigenvalue weighted by molar-refractivity contribution is 0.297. The molecule has 0 spiro atoms. The third kappa shape index (κ3) is 7.92. The average molecular weight is 358 g/mol. The summed E-state index contributed by atoms with van der Waals surface area (Å²) >= 11 is 0. The van der Waals surface area contributed by atoms with Crippen molar-refractivity contribution < 1.29 is 0 Å². The molecule has 0 aliphatic rings. The molecule has 1 aromatic carbocycles. The number of nitrogens with two attached hydrogens (primary N) is 1. The SMILES string of the molecule is C=C.C=C(CCc1ccc(CCC)cc1)NC(C)(C)C(=C)N(CC)CN. The molecule has 0 heterocycles. The quantitative estimate of drug-likeness (QED) is 0.432. The fourth-order valence-corrected chi connectivity index (χ4v) is 2.86. The van der Waals surface area contributed by atoms with Crippen LogP contribution in [0.4, 0.5) is 0 Å². The van der Waals surface area contributed by atoms with Crippen molar-refractivity contribution in [2.75, 3.05) is 13.2 Å². The van der Waals surface area contributed by atoms with E-state index in [0.717, 1.165) is 37.2 Å². The lowest BCUT2D eigenvalue weighted by atomic mass is 9.98. The smallest absolute Gasteiger partial charge is 0.0707 e. The number of allylic oxidation sites excluding steroid dienone is 1. The molecule has 0 atom stereocenters. The van der Waals surface area contributed by atoms with Gasteiger partial charge in [0.1, 0.15) is 0 Å². The first-order chi connectivity index (χ1) is 12.3. The summed E-state index contributed by atoms with van der Waals surface area (Å²) in [5.41, 5.74) is 10.3. The maximum Gasteiger partial charge on any atom is 0.0707 e. The molecule has 0 bridgehead atoms. The molecule has 0 fully saturated rings. The summed E-state index contributed by atoms with van der Waals surface area (Å²) in [7, 11) is 0. The summed E-state index contributed by atoms with van der Waals surface area (Å²) < 4.78 is 0. The molecular weight excluding hydrogens is 318 g/mol. The van der Waals surface area contributed by atoms with Gasteiger partial charge < -0.3 is 16.0 Å². The standard InChI is InChI=1S/C21H35N3.C2H4/c1-7-9-19-12-14-20(15-13-19)11-10-17(3)23-21(5,6)18(4)24(8-2)16-22;1-2/h12-15,23H,3-4,7-11,16,22H2,1-2,5-6H3;1-2H2. The van der Waals surface area contributed by atoms with Gasteiger partial charge in [-0.05, 0) is 51.2 Å². The van der Waals surface area contributed by atoms with Crippen molar-refractivity contribution in [1.82, 2.24) is 10.2 Å². The number of likely N-dealkylation sites (N-methyl/N-ethyl adjacent to an activating group) is 1. The van der Waals surface area contributed by atoms with Gasteiger partial charge >= 0.3 is 0 Å². The van der Waals surface area contributed by atoms with Crippen LogP contribution in [-0.4, -0.2) is 23.7 Å². The first-order valence-electron chi connectivity index (χ1n) is 9.52. The Labute approximate surface area is 161 Å². The Morgan fingerprint density at radius 1 is 1.04 bits per heavy atom. The van der Waals surface area contributed by atoms with E-state index in [1.165, 1.54) is 17.5 Å². The molecule has 3 N–H and O–H groups in total. The molecular formula is C23H39N3. The molecule has 0 aromatic heterocycles. The second-order valence-corrected chi connectivity index (χ2v) is 6.91. The van der Waals surface area contributed by atoms with Gasteiger partial charge in [0.05, 0.1) is 12.2 Å². The van der Waals surface area contributed by atoms with Gasteiger partial charge in [-0.2, -0.15) is 0 Å². The molecule has 1 aromatic rings. The third-order valence-corrected chi connectivity index (χ3v) is 4.47. The van der Waals surface area contributed by atoms with E-state index in [-0.39, 0.29) is 5.54 Å². The highest BCUT2D eigenvalue weighted by atomic mass is 15.2. The number of nitrogens with zero attached hydrogens (tertiary/aromatic N) is 1. The Hall–Kier alpha value is -2.00. The van der Waals surface area contributed by atoms with Crippen molar-refractivity contribution in [3.05, 3.63) is 73.1 Å². The molecule has 0 aliphatic carbocycles. The van der Waals surface area contributed by atoms with Crippen molar-refractivity contribution in [1.29, 1.82) is 0 Å². The number of hydrogen-bond acceptors (Lipinski definition) is 3. The van der Waals surface area contributed by atoms with Crippen molar-refractivity contribution in [2.45, 2.75) is 58.9 Å². The predicted molar refractivity (Wildman–Crippen MR) is 117 cm³/mol. The normalized spacial score (nSPS) is 10.5. The van der Waals surface area contributed by atoms with Gasteiger partial charge in [0.2, 0.25) is 0 Å². The van der Waals surface area contributed by atoms with Crippen LogP contribution in [0, 0.1) is 0 Å². The summed E-state index contributed by atoms with van der Waals surface area (Å²) in [5.74, 6) is 0. The zero-order chi connectivity index (χ0) is 20.2. The van der Waals surface area contributed by atoms with Crippen LogP contribution in [0.25, 0.3) is 0 Å². The van der Waals surface area contributed by atoms with Crippen LogP contribution in [-0.2, 0) is 12.8 Å². The third-order valence-electron chi connectivity index (χ3n) is 4.47. The highest BCUT2D eigenvalue weighted by molar-refractivity contribution is 5.24. The van der Waals surface area contributed by atoms with E-state index in [0.29, 0.717) is 6.67 Å². The zero-order valence-electron chi connectivity index (χ0n) is 17.4. The number of rotatable bonds is 11. The fraction of sp³-hybridized carbons (Fsp3) is 0.478. The lowest BCUT2D eigenvalue weighted by Gasteiger charge is -2.37. The van der Waals surface area contributed by atoms with Crippen LogP contribution in [0.3, 0.4) is 0 Å². The number of benzene rings is 1. The van der Waals surface area contributed by atoms with E-state index in [1.807, 2.05) is 0 Å². The molecule has 0 unspecified atom stereocenters. The molecule has 0 amide bonds. The minimum absolute atomic E-state index is 0.253. The Morgan fingerprint density at radius 3 is 1.96 bits per heavy atom. The molecule has 26 heavy (non-hydrogen) atoms. The van der Waals surface area contributed by atoms with Crippen molar-refractivity contribution in [3.63, 3.8) is 0 Å². The molecule has 0 saturated heterocycles. The van der Waals surface area contributed by atoms with Gasteiger partial charge in [-0.15, -0.1) is 13.2 Å². The van der Waals surface area contributed by atoms with E-state index < -0.39 is 0 Å². The second-order valence-electron chi connectivity index (χ2n) is 6.91. The summed E-state index contributed by atoms with van der Waals surface area (Å²) in [6.07, 6.45) is 4.25. The first-order valence-corrected chi connectivity index (χ1v) is 9.52. The summed E-state index contributed by atoms with van der Waals surface area (Å²) in [6, 6.07) is 8.94. The van der Waals surface area contributed by atoms with Crippen LogP contribution < -0.4 is 11.1 Å². The van der Waals surface area contributed by atoms with E-state index in [9.17, 15) is 0 Å². The van der Waals surface area contributed by atoms with Crippen LogP contribution in [0.15, 0.2) is 62.0 Å². The van der Waals surface area contributed by atoms with Crippen LogP contribution in [0.1, 0.15) is 51.7 Å². The Bertz CT molecular complexity index is 539. The van der Waals surface area contributed by atoms with Crippen molar-refractivity contribution in [3.8, 4) is 0 Å². The van der Waals surface area contributed by atoms with Gasteiger partial charge in [0.25, 0.3) is 0 Å². The second kappa shape index (κ2) is 12.4. The molecule has 1 rings (SSSR count). The number of nitrogens with one attached hydrogen (secondary N) is 1. The maximum absolute atomic E-state index is 5.79. The fourth-order valence-electron chi connectivity index (χ4n) is 2.86. The van der Waals surface area contributed by atoms with Crippen molar-refractivity contribution >= 4 is 0 Å². The van der Waals surface area contributed by atoms with E-state index in [2.05, 4.69) is 88.5 Å². The minimum atomic E-state index is -0.253. The van der Waals surface area contributed by atoms with Gasteiger partial charge in [-0.25, -0.2) is 0 Å². The summed E-state index contributed by atoms with van der Waals surface area (Å²) in [6.45, 7) is 24.3. The molecule has 0 radical (unpaired) electrons. The Morgan fingerprint density at radius 2 is 1.54 bits per heavy atom. The van der Waals surface area contributed by atoms with Gasteiger partial charge in [0, 0.05) is 17.9 Å². The number of aryl methyl sites for hydroxylation is 2. The average Bonchev–Trinajstić information content (AvgIpc) is 2.63.